The molecule has 1 aromatic heterocycles. The third-order valence-corrected chi connectivity index (χ3v) is 4.98. The lowest BCUT2D eigenvalue weighted by Crippen LogP contribution is -2.39. The lowest BCUT2D eigenvalue weighted by atomic mass is 10.0. The van der Waals surface area contributed by atoms with Gasteiger partial charge >= 0.3 is 5.97 Å². The van der Waals surface area contributed by atoms with E-state index in [2.05, 4.69) is 13.8 Å². The van der Waals surface area contributed by atoms with Gasteiger partial charge in [0.15, 0.2) is 0 Å². The molecular weight excluding hydrogens is 356 g/mol. The number of ether oxygens (including phenoxy) is 2. The number of hydrogen-bond acceptors (Lipinski definition) is 4. The normalized spacial score (nSPS) is 14.9. The van der Waals surface area contributed by atoms with Crippen LogP contribution in [-0.4, -0.2) is 48.1 Å². The molecule has 0 atom stereocenters. The van der Waals surface area contributed by atoms with E-state index >= 15 is 0 Å². The molecule has 1 amide bonds. The first-order chi connectivity index (χ1) is 13.5. The van der Waals surface area contributed by atoms with Crippen molar-refractivity contribution in [2.75, 3.05) is 26.8 Å². The predicted octanol–water partition coefficient (Wildman–Crippen LogP) is 3.79. The zero-order valence-electron chi connectivity index (χ0n) is 16.8. The van der Waals surface area contributed by atoms with E-state index in [0.717, 1.165) is 18.6 Å². The number of nitrogens with zero attached hydrogens (tertiary/aromatic N) is 2. The average molecular weight is 384 g/mol. The molecular formula is C22H28N2O4. The molecule has 1 aliphatic heterocycles. The zero-order chi connectivity index (χ0) is 20.1. The minimum atomic E-state index is -0.332. The molecule has 0 N–H and O–H groups in total. The highest BCUT2D eigenvalue weighted by molar-refractivity contribution is 5.94. The predicted molar refractivity (Wildman–Crippen MR) is 107 cm³/mol. The summed E-state index contributed by atoms with van der Waals surface area (Å²) in [6.45, 7) is 6.12. The highest BCUT2D eigenvalue weighted by atomic mass is 16.5. The van der Waals surface area contributed by atoms with Crippen LogP contribution in [0.3, 0.4) is 0 Å². The second-order valence-electron chi connectivity index (χ2n) is 7.55. The van der Waals surface area contributed by atoms with Crippen LogP contribution < -0.4 is 4.74 Å². The van der Waals surface area contributed by atoms with Crippen LogP contribution in [0.2, 0.25) is 0 Å². The van der Waals surface area contributed by atoms with Crippen LogP contribution in [-0.2, 0) is 4.74 Å². The number of rotatable bonds is 6. The van der Waals surface area contributed by atoms with E-state index in [4.69, 9.17) is 9.47 Å². The maximum Gasteiger partial charge on any atom is 0.354 e. The summed E-state index contributed by atoms with van der Waals surface area (Å²) >= 11 is 0. The molecule has 0 unspecified atom stereocenters. The Kier molecular flexibility index (Phi) is 6.39. The van der Waals surface area contributed by atoms with Gasteiger partial charge in [-0.15, -0.1) is 0 Å². The molecule has 0 spiro atoms. The van der Waals surface area contributed by atoms with E-state index in [0.29, 0.717) is 36.9 Å². The fraction of sp³-hybridized carbons (Fsp3) is 0.455. The number of carbonyl (C=O) groups is 2. The fourth-order valence-corrected chi connectivity index (χ4v) is 3.50. The molecule has 0 bridgehead atoms. The van der Waals surface area contributed by atoms with Crippen molar-refractivity contribution in [1.82, 2.24) is 9.47 Å². The van der Waals surface area contributed by atoms with Crippen molar-refractivity contribution < 1.29 is 19.1 Å². The van der Waals surface area contributed by atoms with E-state index in [9.17, 15) is 9.59 Å². The molecule has 6 heteroatoms. The summed E-state index contributed by atoms with van der Waals surface area (Å²) in [4.78, 5) is 26.7. The standard InChI is InChI=1S/C22H28N2O4/c1-16(2)15-28-19-7-4-6-17(14-19)21(25)23-12-9-18(10-13-23)24-11-5-8-20(24)22(26)27-3/h4-8,11,14,16,18H,9-10,12-13,15H2,1-3H3. The Morgan fingerprint density at radius 3 is 2.57 bits per heavy atom. The van der Waals surface area contributed by atoms with Crippen molar-refractivity contribution in [2.45, 2.75) is 32.7 Å². The number of amides is 1. The number of piperidine rings is 1. The number of benzene rings is 1. The van der Waals surface area contributed by atoms with Crippen molar-refractivity contribution in [3.63, 3.8) is 0 Å². The van der Waals surface area contributed by atoms with E-state index in [1.165, 1.54) is 7.11 Å². The topological polar surface area (TPSA) is 60.8 Å². The Bertz CT molecular complexity index is 819. The first-order valence-corrected chi connectivity index (χ1v) is 9.77. The van der Waals surface area contributed by atoms with Crippen molar-refractivity contribution >= 4 is 11.9 Å². The summed E-state index contributed by atoms with van der Waals surface area (Å²) in [5.41, 5.74) is 1.21. The van der Waals surface area contributed by atoms with Crippen LogP contribution in [0.15, 0.2) is 42.6 Å². The Labute approximate surface area is 166 Å². The summed E-state index contributed by atoms with van der Waals surface area (Å²) in [5.74, 6) is 0.849. The van der Waals surface area contributed by atoms with Gasteiger partial charge in [0.05, 0.1) is 13.7 Å². The summed E-state index contributed by atoms with van der Waals surface area (Å²) in [6.07, 6.45) is 3.51. The van der Waals surface area contributed by atoms with Crippen molar-refractivity contribution in [1.29, 1.82) is 0 Å². The molecule has 0 saturated carbocycles. The van der Waals surface area contributed by atoms with Gasteiger partial charge < -0.3 is 18.9 Å². The number of carbonyl (C=O) groups excluding carboxylic acids is 2. The smallest absolute Gasteiger partial charge is 0.354 e. The van der Waals surface area contributed by atoms with Gasteiger partial charge in [-0.2, -0.15) is 0 Å². The molecule has 0 aliphatic carbocycles. The minimum absolute atomic E-state index is 0.0224. The molecule has 2 aromatic rings. The van der Waals surface area contributed by atoms with Gasteiger partial charge in [0.25, 0.3) is 5.91 Å². The maximum atomic E-state index is 12.9. The molecule has 2 heterocycles. The third kappa shape index (κ3) is 4.55. The van der Waals surface area contributed by atoms with Crippen LogP contribution in [0.5, 0.6) is 5.75 Å². The van der Waals surface area contributed by atoms with Crippen molar-refractivity contribution in [2.24, 2.45) is 5.92 Å². The second kappa shape index (κ2) is 8.95. The quantitative estimate of drug-likeness (QED) is 0.711. The van der Waals surface area contributed by atoms with Gasteiger partial charge in [0.2, 0.25) is 0 Å². The van der Waals surface area contributed by atoms with E-state index in [-0.39, 0.29) is 17.9 Å². The number of likely N-dealkylation sites (tertiary alicyclic amines) is 1. The molecule has 1 saturated heterocycles. The fourth-order valence-electron chi connectivity index (χ4n) is 3.50. The molecule has 1 aliphatic rings. The summed E-state index contributed by atoms with van der Waals surface area (Å²) in [7, 11) is 1.39. The molecule has 150 valence electrons. The van der Waals surface area contributed by atoms with E-state index in [1.807, 2.05) is 46.0 Å². The molecule has 1 fully saturated rings. The third-order valence-electron chi connectivity index (χ3n) is 4.98. The Morgan fingerprint density at radius 1 is 1.14 bits per heavy atom. The highest BCUT2D eigenvalue weighted by Gasteiger charge is 2.26. The van der Waals surface area contributed by atoms with Gasteiger partial charge in [-0.3, -0.25) is 4.79 Å². The number of esters is 1. The number of hydrogen-bond donors (Lipinski definition) is 0. The summed E-state index contributed by atoms with van der Waals surface area (Å²) < 4.78 is 12.6. The first-order valence-electron chi connectivity index (χ1n) is 9.77. The molecule has 6 nitrogen and oxygen atoms in total. The lowest BCUT2D eigenvalue weighted by Gasteiger charge is -2.33. The van der Waals surface area contributed by atoms with Gasteiger partial charge in [-0.25, -0.2) is 4.79 Å². The Morgan fingerprint density at radius 2 is 1.89 bits per heavy atom. The summed E-state index contributed by atoms with van der Waals surface area (Å²) in [6, 6.07) is 11.2. The lowest BCUT2D eigenvalue weighted by molar-refractivity contribution is 0.0573. The van der Waals surface area contributed by atoms with Crippen LogP contribution in [0.25, 0.3) is 0 Å². The van der Waals surface area contributed by atoms with Gasteiger partial charge in [-0.05, 0) is 49.1 Å². The SMILES string of the molecule is COC(=O)c1cccn1C1CCN(C(=O)c2cccc(OCC(C)C)c2)CC1. The molecule has 3 rings (SSSR count). The van der Waals surface area contributed by atoms with Crippen molar-refractivity contribution in [3.8, 4) is 5.75 Å². The summed E-state index contributed by atoms with van der Waals surface area (Å²) in [5, 5.41) is 0. The van der Waals surface area contributed by atoms with Gasteiger partial charge in [0, 0.05) is 30.9 Å². The highest BCUT2D eigenvalue weighted by Crippen LogP contribution is 2.26. The van der Waals surface area contributed by atoms with Crippen LogP contribution in [0, 0.1) is 5.92 Å². The molecule has 28 heavy (non-hydrogen) atoms. The van der Waals surface area contributed by atoms with Crippen molar-refractivity contribution in [3.05, 3.63) is 53.9 Å². The minimum Gasteiger partial charge on any atom is -0.493 e. The van der Waals surface area contributed by atoms with Crippen LogP contribution in [0.4, 0.5) is 0 Å². The maximum absolute atomic E-state index is 12.9. The van der Waals surface area contributed by atoms with Gasteiger partial charge in [-0.1, -0.05) is 19.9 Å². The van der Waals surface area contributed by atoms with E-state index in [1.54, 1.807) is 6.07 Å². The first kappa shape index (κ1) is 20.0. The zero-order valence-corrected chi connectivity index (χ0v) is 16.8. The molecule has 0 radical (unpaired) electrons. The van der Waals surface area contributed by atoms with Crippen LogP contribution >= 0.6 is 0 Å². The largest absolute Gasteiger partial charge is 0.493 e. The second-order valence-corrected chi connectivity index (χ2v) is 7.55. The molecule has 1 aromatic carbocycles. The average Bonchev–Trinajstić information content (AvgIpc) is 3.21. The Balaban J connectivity index is 1.62. The van der Waals surface area contributed by atoms with Crippen LogP contribution in [0.1, 0.15) is 53.6 Å². The monoisotopic (exact) mass is 384 g/mol. The van der Waals surface area contributed by atoms with Gasteiger partial charge in [0.1, 0.15) is 11.4 Å². The van der Waals surface area contributed by atoms with E-state index < -0.39 is 0 Å². The Hall–Kier alpha value is -2.76. The number of aromatic nitrogens is 1. The number of methoxy groups -OCH3 is 1.